The molecule has 206 valence electrons. The van der Waals surface area contributed by atoms with Gasteiger partial charge in [-0.2, -0.15) is 10.5 Å². The Hall–Kier alpha value is -3.98. The summed E-state index contributed by atoms with van der Waals surface area (Å²) in [7, 11) is 1.80. The maximum absolute atomic E-state index is 16.0. The zero-order valence-corrected chi connectivity index (χ0v) is 23.4. The monoisotopic (exact) mass is 548 g/mol. The van der Waals surface area contributed by atoms with E-state index in [1.54, 1.807) is 38.8 Å². The van der Waals surface area contributed by atoms with E-state index >= 15 is 4.39 Å². The summed E-state index contributed by atoms with van der Waals surface area (Å²) in [5.41, 5.74) is 3.62. The molecule has 10 rings (SSSR count). The molecule has 0 spiro atoms. The Morgan fingerprint density at radius 2 is 1.56 bits per heavy atom. The van der Waals surface area contributed by atoms with E-state index in [9.17, 15) is 20.1 Å². The Morgan fingerprint density at radius 1 is 1.00 bits per heavy atom. The number of hydrogen-bond donors (Lipinski definition) is 1. The Bertz CT molecular complexity index is 1670. The number of nitriles is 2. The lowest BCUT2D eigenvalue weighted by Gasteiger charge is -3.09. The first-order chi connectivity index (χ1) is 19.7. The summed E-state index contributed by atoms with van der Waals surface area (Å²) in [6.07, 6.45) is 1.10. The molecule has 9 heteroatoms. The highest BCUT2D eigenvalue weighted by Crippen LogP contribution is 3.10. The molecule has 6 saturated carbocycles. The van der Waals surface area contributed by atoms with Crippen LogP contribution in [0.1, 0.15) is 48.4 Å². The molecule has 0 unspecified atom stereocenters. The molecule has 1 aromatic carbocycles. The molecule has 6 aliphatic carbocycles. The Kier molecular flexibility index (Phi) is 3.99. The summed E-state index contributed by atoms with van der Waals surface area (Å²) in [6.45, 7) is 7.35. The van der Waals surface area contributed by atoms with Gasteiger partial charge >= 0.3 is 0 Å². The predicted octanol–water partition coefficient (Wildman–Crippen LogP) is 3.10. The second-order valence-electron chi connectivity index (χ2n) is 13.4. The average Bonchev–Trinajstić information content (AvgIpc) is 3.34. The fraction of sp³-hybridized carbons (Fsp3) is 0.531. The van der Waals surface area contributed by atoms with E-state index in [1.807, 2.05) is 4.90 Å². The molecular formula is C32H29FN6O2. The van der Waals surface area contributed by atoms with Crippen molar-refractivity contribution in [3.05, 3.63) is 56.7 Å². The van der Waals surface area contributed by atoms with Crippen molar-refractivity contribution in [2.24, 2.45) is 51.3 Å². The number of aliphatic imine (C=N–C) groups is 1. The van der Waals surface area contributed by atoms with Crippen molar-refractivity contribution < 1.29 is 14.0 Å². The van der Waals surface area contributed by atoms with Crippen molar-refractivity contribution >= 4 is 17.6 Å². The lowest BCUT2D eigenvalue weighted by atomic mass is 8.92. The van der Waals surface area contributed by atoms with Crippen molar-refractivity contribution in [1.82, 2.24) is 15.1 Å². The molecule has 7 fully saturated rings. The number of allylic oxidation sites excluding steroid dienone is 4. The Labute approximate surface area is 237 Å². The molecule has 8 nitrogen and oxygen atoms in total. The third kappa shape index (κ3) is 2.04. The highest BCUT2D eigenvalue weighted by atomic mass is 19.1. The van der Waals surface area contributed by atoms with Gasteiger partial charge in [0.2, 0.25) is 11.8 Å². The van der Waals surface area contributed by atoms with Crippen molar-refractivity contribution in [2.75, 3.05) is 20.1 Å². The minimum atomic E-state index is -0.827. The van der Waals surface area contributed by atoms with Crippen LogP contribution in [-0.2, 0) is 16.1 Å². The number of fused-ring (bicyclic) bond motifs is 1. The maximum atomic E-state index is 16.0. The highest BCUT2D eigenvalue weighted by molar-refractivity contribution is 6.14. The number of nitrogens with one attached hydrogen (secondary N) is 1. The van der Waals surface area contributed by atoms with E-state index in [2.05, 4.69) is 22.4 Å². The van der Waals surface area contributed by atoms with Gasteiger partial charge in [-0.1, -0.05) is 0 Å². The number of benzene rings is 1. The number of rotatable bonds is 3. The fourth-order valence-corrected chi connectivity index (χ4v) is 11.0. The Balaban J connectivity index is 1.02. The number of nitrogens with zero attached hydrogens (tertiary/aromatic N) is 5. The van der Waals surface area contributed by atoms with Crippen LogP contribution in [0.25, 0.3) is 0 Å². The largest absolute Gasteiger partial charge is 0.350 e. The van der Waals surface area contributed by atoms with Crippen LogP contribution in [0.3, 0.4) is 0 Å². The van der Waals surface area contributed by atoms with Gasteiger partial charge in [0.05, 0.1) is 46.6 Å². The van der Waals surface area contributed by atoms with Gasteiger partial charge in [0.1, 0.15) is 11.7 Å². The number of amidine groups is 1. The van der Waals surface area contributed by atoms with Crippen LogP contribution in [-0.4, -0.2) is 47.6 Å². The van der Waals surface area contributed by atoms with Gasteiger partial charge in [0, 0.05) is 42.7 Å². The lowest BCUT2D eigenvalue weighted by Crippen LogP contribution is -3.12. The molecule has 2 amide bonds. The second-order valence-corrected chi connectivity index (χ2v) is 13.4. The van der Waals surface area contributed by atoms with Gasteiger partial charge in [0.25, 0.3) is 0 Å². The van der Waals surface area contributed by atoms with Crippen LogP contribution in [0.2, 0.25) is 0 Å². The molecular weight excluding hydrogens is 519 g/mol. The Morgan fingerprint density at radius 3 is 2.07 bits per heavy atom. The third-order valence-corrected chi connectivity index (χ3v) is 13.0. The second kappa shape index (κ2) is 6.90. The maximum Gasteiger partial charge on any atom is 0.232 e. The predicted molar refractivity (Wildman–Crippen MR) is 144 cm³/mol. The topological polar surface area (TPSA) is 113 Å². The minimum absolute atomic E-state index is 0.00211. The van der Waals surface area contributed by atoms with Gasteiger partial charge in [-0.3, -0.25) is 14.6 Å². The zero-order chi connectivity index (χ0) is 28.5. The normalized spacial score (nSPS) is 39.5. The van der Waals surface area contributed by atoms with Gasteiger partial charge in [-0.05, 0) is 79.9 Å². The van der Waals surface area contributed by atoms with Crippen LogP contribution in [0.15, 0.2) is 33.6 Å². The van der Waals surface area contributed by atoms with Crippen LogP contribution in [0.5, 0.6) is 0 Å². The molecule has 0 bridgehead atoms. The van der Waals surface area contributed by atoms with E-state index in [0.29, 0.717) is 80.9 Å². The number of carbonyl (C=O) groups is 2. The van der Waals surface area contributed by atoms with E-state index in [4.69, 9.17) is 0 Å². The van der Waals surface area contributed by atoms with E-state index in [1.165, 1.54) is 0 Å². The van der Waals surface area contributed by atoms with Gasteiger partial charge in [0.15, 0.2) is 0 Å². The first-order valence-corrected chi connectivity index (χ1v) is 14.6. The molecule has 1 N–H and O–H groups in total. The smallest absolute Gasteiger partial charge is 0.232 e. The number of halogens is 1. The number of carbonyl (C=O) groups excluding carboxylic acids is 2. The van der Waals surface area contributed by atoms with Crippen LogP contribution < -0.4 is 5.32 Å². The van der Waals surface area contributed by atoms with E-state index in [-0.39, 0.29) is 28.8 Å². The lowest BCUT2D eigenvalue weighted by molar-refractivity contribution is -0.625. The third-order valence-electron chi connectivity index (χ3n) is 13.0. The zero-order valence-electron chi connectivity index (χ0n) is 23.4. The molecule has 1 saturated heterocycles. The minimum Gasteiger partial charge on any atom is -0.350 e. The van der Waals surface area contributed by atoms with Gasteiger partial charge in [-0.15, -0.1) is 0 Å². The average molecular weight is 549 g/mol. The molecule has 0 aromatic heterocycles. The summed E-state index contributed by atoms with van der Waals surface area (Å²) >= 11 is 0. The number of amides is 2. The molecule has 41 heavy (non-hydrogen) atoms. The molecule has 3 heterocycles. The van der Waals surface area contributed by atoms with Crippen molar-refractivity contribution in [3.63, 3.8) is 0 Å². The summed E-state index contributed by atoms with van der Waals surface area (Å²) in [6, 6.07) is 6.14. The quantitative estimate of drug-likeness (QED) is 0.624. The van der Waals surface area contributed by atoms with Crippen LogP contribution in [0.4, 0.5) is 4.39 Å². The SMILES string of the molecule is CC1=C(C#N)C(c2cc3c(c(C)c2F)CN=C3NC(=O)C23C4C5C2C2C3C4C52C(=O)N2CCC2)C(C#N)=C(C)N1C. The molecule has 9 aliphatic rings. The van der Waals surface area contributed by atoms with E-state index in [0.717, 1.165) is 25.1 Å². The van der Waals surface area contributed by atoms with Crippen molar-refractivity contribution in [2.45, 2.75) is 39.7 Å². The van der Waals surface area contributed by atoms with Crippen molar-refractivity contribution in [1.29, 1.82) is 10.5 Å². The fourth-order valence-electron chi connectivity index (χ4n) is 11.0. The molecule has 1 aromatic rings. The first-order valence-electron chi connectivity index (χ1n) is 14.6. The van der Waals surface area contributed by atoms with Gasteiger partial charge in [-0.25, -0.2) is 4.39 Å². The number of likely N-dealkylation sites (tertiary alicyclic amines) is 1. The highest BCUT2D eigenvalue weighted by Gasteiger charge is 3.13. The van der Waals surface area contributed by atoms with Crippen LogP contribution >= 0.6 is 0 Å². The summed E-state index contributed by atoms with van der Waals surface area (Å²) in [5.74, 6) is 1.62. The van der Waals surface area contributed by atoms with Crippen molar-refractivity contribution in [3.8, 4) is 12.1 Å². The molecule has 0 atom stereocenters. The summed E-state index contributed by atoms with van der Waals surface area (Å²) < 4.78 is 16.0. The van der Waals surface area contributed by atoms with Crippen LogP contribution in [0, 0.1) is 81.7 Å². The molecule has 0 radical (unpaired) electrons. The number of hydrogen-bond acceptors (Lipinski definition) is 6. The first kappa shape index (κ1) is 23.7. The van der Waals surface area contributed by atoms with E-state index < -0.39 is 11.7 Å². The standard InChI is InChI=1S/C32H29FN6O2/c1-12-19-11-36-28(15(19)8-16(27(12)33)20-17(9-34)13(2)38(4)14(3)18(20)10-35)37-29(40)31-21-24-22(31)26-23(31)25(21)32(24,26)30(41)39-6-5-7-39/h8,20-26H,5-7,11H2,1-4H3,(H,36,37,40). The molecule has 3 aliphatic heterocycles. The summed E-state index contributed by atoms with van der Waals surface area (Å²) in [4.78, 5) is 35.5. The summed E-state index contributed by atoms with van der Waals surface area (Å²) in [5, 5.41) is 23.2. The van der Waals surface area contributed by atoms with Gasteiger partial charge < -0.3 is 15.1 Å².